The summed E-state index contributed by atoms with van der Waals surface area (Å²) in [6.45, 7) is 1.04. The number of rotatable bonds is 3. The minimum atomic E-state index is -4.25. The lowest BCUT2D eigenvalue weighted by atomic mass is 9.76. The SMILES string of the molecule is COC(=O)[C@@H]1C2CCC(C[C@@H]1c1ccc(C)cc1)N2CC(F)(F)[18F]. The van der Waals surface area contributed by atoms with Crippen molar-refractivity contribution in [1.82, 2.24) is 4.90 Å². The molecular formula is C18H22F3NO2. The first kappa shape index (κ1) is 17.3. The Kier molecular flexibility index (Phi) is 4.60. The average Bonchev–Trinajstić information content (AvgIpc) is 2.78. The molecule has 2 bridgehead atoms. The zero-order valence-electron chi connectivity index (χ0n) is 13.8. The van der Waals surface area contributed by atoms with Gasteiger partial charge in [0.25, 0.3) is 0 Å². The Morgan fingerprint density at radius 3 is 2.50 bits per heavy atom. The van der Waals surface area contributed by atoms with Gasteiger partial charge in [-0.05, 0) is 31.7 Å². The summed E-state index contributed by atoms with van der Waals surface area (Å²) in [6, 6.07) is 7.40. The van der Waals surface area contributed by atoms with Crippen LogP contribution >= 0.6 is 0 Å². The highest BCUT2D eigenvalue weighted by atomic mass is 19.3. The smallest absolute Gasteiger partial charge is 0.401 e. The molecule has 3 nitrogen and oxygen atoms in total. The van der Waals surface area contributed by atoms with Crippen molar-refractivity contribution in [3.8, 4) is 0 Å². The van der Waals surface area contributed by atoms with Crippen molar-refractivity contribution in [2.24, 2.45) is 5.92 Å². The number of hydrogen-bond donors (Lipinski definition) is 0. The van der Waals surface area contributed by atoms with Crippen molar-refractivity contribution in [3.63, 3.8) is 0 Å². The van der Waals surface area contributed by atoms with Gasteiger partial charge in [0.05, 0.1) is 19.6 Å². The number of fused-ring (bicyclic) bond motifs is 2. The van der Waals surface area contributed by atoms with E-state index in [0.717, 1.165) is 11.1 Å². The molecule has 2 aliphatic heterocycles. The van der Waals surface area contributed by atoms with E-state index in [1.807, 2.05) is 31.2 Å². The number of carbonyl (C=O) groups excluding carboxylic acids is 1. The standard InChI is InChI=1S/C18H22F3NO2/c1-11-3-5-12(6-4-11)14-9-13-7-8-15(16(14)17(23)24-2)22(13)10-18(19,20)21/h3-6,13-16H,7-10H2,1-2H3/t13?,14-,15?,16+/m1/s1/i19-1. The molecule has 2 saturated heterocycles. The number of alkyl halides is 3. The third-order valence-corrected chi connectivity index (χ3v) is 5.41. The Balaban J connectivity index is 1.92. The van der Waals surface area contributed by atoms with Gasteiger partial charge in [-0.1, -0.05) is 29.8 Å². The van der Waals surface area contributed by atoms with Crippen LogP contribution in [-0.4, -0.2) is 42.8 Å². The maximum absolute atomic E-state index is 12.9. The summed E-state index contributed by atoms with van der Waals surface area (Å²) in [5.74, 6) is -1.03. The van der Waals surface area contributed by atoms with Crippen LogP contribution in [0, 0.1) is 12.8 Å². The molecule has 0 amide bonds. The van der Waals surface area contributed by atoms with E-state index in [0.29, 0.717) is 19.3 Å². The zero-order valence-corrected chi connectivity index (χ0v) is 13.8. The van der Waals surface area contributed by atoms with Crippen LogP contribution < -0.4 is 0 Å². The van der Waals surface area contributed by atoms with Gasteiger partial charge in [-0.2, -0.15) is 13.2 Å². The van der Waals surface area contributed by atoms with E-state index in [1.54, 1.807) is 0 Å². The van der Waals surface area contributed by atoms with Crippen molar-refractivity contribution < 1.29 is 22.7 Å². The van der Waals surface area contributed by atoms with Crippen molar-refractivity contribution >= 4 is 5.97 Å². The van der Waals surface area contributed by atoms with Gasteiger partial charge in [0.1, 0.15) is 0 Å². The molecule has 0 N–H and O–H groups in total. The second-order valence-electron chi connectivity index (χ2n) is 6.89. The number of esters is 1. The summed E-state index contributed by atoms with van der Waals surface area (Å²) in [6.07, 6.45) is -2.37. The van der Waals surface area contributed by atoms with E-state index in [9.17, 15) is 18.0 Å². The van der Waals surface area contributed by atoms with Crippen molar-refractivity contribution in [3.05, 3.63) is 35.4 Å². The fourth-order valence-corrected chi connectivity index (χ4v) is 4.38. The lowest BCUT2D eigenvalue weighted by Crippen LogP contribution is -2.53. The molecule has 0 aliphatic carbocycles. The largest absolute Gasteiger partial charge is 0.469 e. The van der Waals surface area contributed by atoms with Gasteiger partial charge in [0.2, 0.25) is 0 Å². The zero-order chi connectivity index (χ0) is 17.5. The van der Waals surface area contributed by atoms with Gasteiger partial charge < -0.3 is 4.74 Å². The maximum Gasteiger partial charge on any atom is 0.401 e. The number of halogens is 3. The fourth-order valence-electron chi connectivity index (χ4n) is 4.38. The van der Waals surface area contributed by atoms with Crippen LogP contribution in [-0.2, 0) is 9.53 Å². The summed E-state index contributed by atoms with van der Waals surface area (Å²) in [5, 5.41) is 0. The lowest BCUT2D eigenvalue weighted by molar-refractivity contribution is -0.168. The highest BCUT2D eigenvalue weighted by molar-refractivity contribution is 5.75. The third-order valence-electron chi connectivity index (χ3n) is 5.41. The van der Waals surface area contributed by atoms with Crippen LogP contribution in [0.5, 0.6) is 0 Å². The van der Waals surface area contributed by atoms with Gasteiger partial charge in [-0.15, -0.1) is 0 Å². The normalized spacial score (nSPS) is 30.4. The van der Waals surface area contributed by atoms with E-state index in [1.165, 1.54) is 12.0 Å². The molecule has 24 heavy (non-hydrogen) atoms. The van der Waals surface area contributed by atoms with Gasteiger partial charge in [-0.25, -0.2) is 0 Å². The monoisotopic (exact) mass is 340 g/mol. The molecular weight excluding hydrogens is 318 g/mol. The summed E-state index contributed by atoms with van der Waals surface area (Å²) < 4.78 is 43.7. The molecule has 0 aromatic heterocycles. The van der Waals surface area contributed by atoms with Crippen molar-refractivity contribution in [1.29, 1.82) is 0 Å². The summed E-state index contributed by atoms with van der Waals surface area (Å²) in [5.41, 5.74) is 2.13. The second-order valence-corrected chi connectivity index (χ2v) is 6.89. The molecule has 4 atom stereocenters. The number of methoxy groups -OCH3 is 1. The second kappa shape index (κ2) is 6.39. The van der Waals surface area contributed by atoms with E-state index in [-0.39, 0.29) is 12.0 Å². The first-order valence-corrected chi connectivity index (χ1v) is 8.27. The predicted octanol–water partition coefficient (Wildman–Crippen LogP) is 3.67. The van der Waals surface area contributed by atoms with Crippen molar-refractivity contribution in [2.45, 2.75) is 50.4 Å². The molecule has 6 heteroatoms. The van der Waals surface area contributed by atoms with Crippen LogP contribution in [0.15, 0.2) is 24.3 Å². The number of piperidine rings is 1. The number of benzene rings is 1. The quantitative estimate of drug-likeness (QED) is 0.787. The Morgan fingerprint density at radius 1 is 1.25 bits per heavy atom. The van der Waals surface area contributed by atoms with Gasteiger partial charge in [-0.3, -0.25) is 9.69 Å². The van der Waals surface area contributed by atoms with Crippen LogP contribution in [0.1, 0.15) is 36.3 Å². The molecule has 2 aliphatic rings. The Bertz CT molecular complexity index is 599. The Hall–Kier alpha value is -1.56. The molecule has 3 rings (SSSR count). The Morgan fingerprint density at radius 2 is 1.92 bits per heavy atom. The number of ether oxygens (including phenoxy) is 1. The summed E-state index contributed by atoms with van der Waals surface area (Å²) in [7, 11) is 1.31. The van der Waals surface area contributed by atoms with E-state index in [2.05, 4.69) is 0 Å². The molecule has 2 heterocycles. The Labute approximate surface area is 139 Å². The number of nitrogens with zero attached hydrogens (tertiary/aromatic N) is 1. The van der Waals surface area contributed by atoms with Crippen LogP contribution in [0.2, 0.25) is 0 Å². The molecule has 1 aromatic carbocycles. The molecule has 0 spiro atoms. The van der Waals surface area contributed by atoms with Gasteiger partial charge in [0, 0.05) is 18.0 Å². The van der Waals surface area contributed by atoms with Gasteiger partial charge in [0.15, 0.2) is 0 Å². The van der Waals surface area contributed by atoms with E-state index >= 15 is 0 Å². The first-order valence-electron chi connectivity index (χ1n) is 8.27. The highest BCUT2D eigenvalue weighted by Crippen LogP contribution is 2.48. The van der Waals surface area contributed by atoms with E-state index < -0.39 is 30.7 Å². The molecule has 0 saturated carbocycles. The first-order chi connectivity index (χ1) is 11.3. The fraction of sp³-hybridized carbons (Fsp3) is 0.611. The van der Waals surface area contributed by atoms with Crippen LogP contribution in [0.4, 0.5) is 13.2 Å². The third kappa shape index (κ3) is 3.29. The van der Waals surface area contributed by atoms with Gasteiger partial charge >= 0.3 is 12.1 Å². The highest BCUT2D eigenvalue weighted by Gasteiger charge is 2.53. The average molecular weight is 340 g/mol. The minimum absolute atomic E-state index is 0.0833. The van der Waals surface area contributed by atoms with Crippen molar-refractivity contribution in [2.75, 3.05) is 13.7 Å². The summed E-state index contributed by atoms with van der Waals surface area (Å²) in [4.78, 5) is 13.9. The number of aryl methyl sites for hydroxylation is 1. The van der Waals surface area contributed by atoms with Crippen LogP contribution in [0.3, 0.4) is 0 Å². The van der Waals surface area contributed by atoms with Crippen LogP contribution in [0.25, 0.3) is 0 Å². The molecule has 2 unspecified atom stereocenters. The number of hydrogen-bond acceptors (Lipinski definition) is 3. The lowest BCUT2D eigenvalue weighted by Gasteiger charge is -2.43. The maximum atomic E-state index is 12.9. The summed E-state index contributed by atoms with van der Waals surface area (Å²) >= 11 is 0. The topological polar surface area (TPSA) is 29.5 Å². The molecule has 132 valence electrons. The van der Waals surface area contributed by atoms with E-state index in [4.69, 9.17) is 4.74 Å². The number of carbonyl (C=O) groups is 1. The predicted molar refractivity (Wildman–Crippen MR) is 83.6 cm³/mol. The minimum Gasteiger partial charge on any atom is -0.469 e. The molecule has 0 radical (unpaired) electrons. The molecule has 2 fully saturated rings. The molecule has 1 aromatic rings.